The van der Waals surface area contributed by atoms with E-state index in [0.29, 0.717) is 17.2 Å². The van der Waals surface area contributed by atoms with E-state index in [1.807, 2.05) is 0 Å². The molecule has 0 spiro atoms. The van der Waals surface area contributed by atoms with Crippen molar-refractivity contribution in [3.8, 4) is 0 Å². The molecule has 0 aromatic rings. The number of nitrogens with two attached hydrogens (primary N) is 1. The summed E-state index contributed by atoms with van der Waals surface area (Å²) >= 11 is 0. The Balaban J connectivity index is 1.58. The van der Waals surface area contributed by atoms with E-state index in [0.717, 1.165) is 38.9 Å². The second-order valence-corrected chi connectivity index (χ2v) is 7.23. The maximum atomic E-state index is 10.7. The van der Waals surface area contributed by atoms with Crippen molar-refractivity contribution in [1.29, 1.82) is 5.41 Å². The molecule has 0 aromatic heterocycles. The van der Waals surface area contributed by atoms with Crippen LogP contribution in [0.1, 0.15) is 51.4 Å². The van der Waals surface area contributed by atoms with Crippen LogP contribution in [-0.2, 0) is 0 Å². The van der Waals surface area contributed by atoms with Gasteiger partial charge in [-0.3, -0.25) is 5.41 Å². The van der Waals surface area contributed by atoms with Gasteiger partial charge < -0.3 is 15.7 Å². The van der Waals surface area contributed by atoms with Crippen LogP contribution in [0.4, 0.5) is 0 Å². The van der Waals surface area contributed by atoms with Crippen molar-refractivity contribution in [2.45, 2.75) is 57.0 Å². The van der Waals surface area contributed by atoms with E-state index in [1.165, 1.54) is 32.1 Å². The van der Waals surface area contributed by atoms with Gasteiger partial charge in [0.25, 0.3) is 0 Å². The summed E-state index contributed by atoms with van der Waals surface area (Å²) in [5, 5.41) is 18.2. The van der Waals surface area contributed by atoms with E-state index in [4.69, 9.17) is 11.1 Å². The van der Waals surface area contributed by atoms with Gasteiger partial charge in [-0.2, -0.15) is 0 Å². The maximum Gasteiger partial charge on any atom is 0.0911 e. The molecule has 2 aliphatic carbocycles. The number of hydrogen-bond donors (Lipinski definition) is 3. The van der Waals surface area contributed by atoms with Crippen LogP contribution in [0.5, 0.6) is 0 Å². The molecule has 1 aliphatic heterocycles. The smallest absolute Gasteiger partial charge is 0.0911 e. The zero-order valence-electron chi connectivity index (χ0n) is 11.8. The number of fused-ring (bicyclic) bond motifs is 1. The monoisotopic (exact) mass is 265 g/mol. The maximum absolute atomic E-state index is 10.7. The van der Waals surface area contributed by atoms with Gasteiger partial charge in [0.15, 0.2) is 0 Å². The highest BCUT2D eigenvalue weighted by molar-refractivity contribution is 5.78. The van der Waals surface area contributed by atoms with E-state index >= 15 is 0 Å². The van der Waals surface area contributed by atoms with Gasteiger partial charge in [-0.05, 0) is 37.5 Å². The first-order chi connectivity index (χ1) is 9.01. The fourth-order valence-electron chi connectivity index (χ4n) is 4.23. The van der Waals surface area contributed by atoms with Crippen molar-refractivity contribution < 1.29 is 5.11 Å². The average molecular weight is 265 g/mol. The van der Waals surface area contributed by atoms with Crippen LogP contribution in [-0.4, -0.2) is 41.1 Å². The number of nitrogens with zero attached hydrogens (tertiary/aromatic N) is 1. The summed E-state index contributed by atoms with van der Waals surface area (Å²) < 4.78 is 0. The lowest BCUT2D eigenvalue weighted by atomic mass is 9.71. The van der Waals surface area contributed by atoms with Crippen LogP contribution < -0.4 is 5.73 Å². The van der Waals surface area contributed by atoms with Gasteiger partial charge in [-0.25, -0.2) is 0 Å². The predicted octanol–water partition coefficient (Wildman–Crippen LogP) is 1.72. The van der Waals surface area contributed by atoms with Crippen molar-refractivity contribution in [3.63, 3.8) is 0 Å². The Bertz CT molecular complexity index is 366. The van der Waals surface area contributed by atoms with E-state index in [-0.39, 0.29) is 5.60 Å². The molecule has 3 fully saturated rings. The Morgan fingerprint density at radius 2 is 2.05 bits per heavy atom. The molecule has 2 atom stereocenters. The molecule has 1 saturated heterocycles. The molecule has 0 aromatic carbocycles. The lowest BCUT2D eigenvalue weighted by Crippen LogP contribution is -2.54. The van der Waals surface area contributed by atoms with Crippen LogP contribution >= 0.6 is 0 Å². The molecule has 4 nitrogen and oxygen atoms in total. The van der Waals surface area contributed by atoms with Crippen molar-refractivity contribution >= 4 is 5.84 Å². The van der Waals surface area contributed by atoms with Gasteiger partial charge >= 0.3 is 0 Å². The predicted molar refractivity (Wildman–Crippen MR) is 76.2 cm³/mol. The van der Waals surface area contributed by atoms with E-state index in [1.54, 1.807) is 0 Å². The minimum Gasteiger partial charge on any atom is -0.390 e. The fourth-order valence-corrected chi connectivity index (χ4v) is 4.23. The van der Waals surface area contributed by atoms with Gasteiger partial charge in [0.2, 0.25) is 0 Å². The number of piperidine rings is 1. The molecule has 19 heavy (non-hydrogen) atoms. The first kappa shape index (κ1) is 13.4. The standard InChI is InChI=1S/C15H27N3O/c16-13(17)9-14(5-6-14)11-18-8-7-15(19)4-2-1-3-12(15)10-18/h12,19H,1-11H2,(H3,16,17). The Kier molecular flexibility index (Phi) is 3.34. The molecular weight excluding hydrogens is 238 g/mol. The van der Waals surface area contributed by atoms with E-state index in [2.05, 4.69) is 4.90 Å². The zero-order chi connectivity index (χ0) is 13.5. The van der Waals surface area contributed by atoms with Crippen molar-refractivity contribution in [2.75, 3.05) is 19.6 Å². The van der Waals surface area contributed by atoms with Crippen LogP contribution in [0.2, 0.25) is 0 Å². The lowest BCUT2D eigenvalue weighted by molar-refractivity contribution is -0.0977. The average Bonchev–Trinajstić information content (AvgIpc) is 3.08. The van der Waals surface area contributed by atoms with Gasteiger partial charge in [0, 0.05) is 32.0 Å². The SMILES string of the molecule is N=C(N)CC1(CN2CCC3(O)CCCCC3C2)CC1. The number of hydrogen-bond acceptors (Lipinski definition) is 3. The van der Waals surface area contributed by atoms with Crippen LogP contribution in [0, 0.1) is 16.7 Å². The topological polar surface area (TPSA) is 73.3 Å². The van der Waals surface area contributed by atoms with Gasteiger partial charge in [0.1, 0.15) is 0 Å². The summed E-state index contributed by atoms with van der Waals surface area (Å²) in [6, 6.07) is 0. The molecule has 3 rings (SSSR count). The lowest BCUT2D eigenvalue weighted by Gasteiger charge is -2.48. The second kappa shape index (κ2) is 4.74. The minimum atomic E-state index is -0.369. The second-order valence-electron chi connectivity index (χ2n) is 7.23. The van der Waals surface area contributed by atoms with Crippen LogP contribution in [0.3, 0.4) is 0 Å². The molecule has 2 saturated carbocycles. The highest BCUT2D eigenvalue weighted by atomic mass is 16.3. The van der Waals surface area contributed by atoms with Gasteiger partial charge in [-0.15, -0.1) is 0 Å². The van der Waals surface area contributed by atoms with Gasteiger partial charge in [0.05, 0.1) is 11.4 Å². The number of rotatable bonds is 4. The number of amidine groups is 1. The van der Waals surface area contributed by atoms with Crippen molar-refractivity contribution in [2.24, 2.45) is 17.1 Å². The Morgan fingerprint density at radius 1 is 1.26 bits per heavy atom. The summed E-state index contributed by atoms with van der Waals surface area (Å²) in [7, 11) is 0. The third-order valence-electron chi connectivity index (χ3n) is 5.59. The fraction of sp³-hybridized carbons (Fsp3) is 0.933. The molecule has 1 heterocycles. The first-order valence-corrected chi connectivity index (χ1v) is 7.79. The molecule has 0 bridgehead atoms. The quantitative estimate of drug-likeness (QED) is 0.535. The van der Waals surface area contributed by atoms with Crippen molar-refractivity contribution in [1.82, 2.24) is 4.90 Å². The van der Waals surface area contributed by atoms with E-state index in [9.17, 15) is 5.11 Å². The van der Waals surface area contributed by atoms with Crippen LogP contribution in [0.15, 0.2) is 0 Å². The van der Waals surface area contributed by atoms with Crippen LogP contribution in [0.25, 0.3) is 0 Å². The third kappa shape index (κ3) is 2.79. The number of aliphatic hydroxyl groups is 1. The normalized spacial score (nSPS) is 37.6. The Hall–Kier alpha value is -0.610. The largest absolute Gasteiger partial charge is 0.390 e. The Labute approximate surface area is 115 Å². The molecule has 0 amide bonds. The molecule has 2 unspecified atom stereocenters. The number of likely N-dealkylation sites (tertiary alicyclic amines) is 1. The zero-order valence-corrected chi connectivity index (χ0v) is 11.8. The molecular formula is C15H27N3O. The number of nitrogens with one attached hydrogen (secondary N) is 1. The molecule has 0 radical (unpaired) electrons. The summed E-state index contributed by atoms with van der Waals surface area (Å²) in [5.41, 5.74) is 5.51. The minimum absolute atomic E-state index is 0.302. The highest BCUT2D eigenvalue weighted by Crippen LogP contribution is 2.50. The van der Waals surface area contributed by atoms with Gasteiger partial charge in [-0.1, -0.05) is 12.8 Å². The third-order valence-corrected chi connectivity index (χ3v) is 5.59. The molecule has 4 heteroatoms. The summed E-state index contributed by atoms with van der Waals surface area (Å²) in [6.45, 7) is 3.15. The molecule has 4 N–H and O–H groups in total. The first-order valence-electron chi connectivity index (χ1n) is 7.79. The Morgan fingerprint density at radius 3 is 2.74 bits per heavy atom. The van der Waals surface area contributed by atoms with Crippen molar-refractivity contribution in [3.05, 3.63) is 0 Å². The summed E-state index contributed by atoms with van der Waals surface area (Å²) in [4.78, 5) is 2.53. The highest BCUT2D eigenvalue weighted by Gasteiger charge is 2.48. The summed E-state index contributed by atoms with van der Waals surface area (Å²) in [6.07, 6.45) is 8.81. The summed E-state index contributed by atoms with van der Waals surface area (Å²) in [5.74, 6) is 0.812. The van der Waals surface area contributed by atoms with E-state index < -0.39 is 0 Å². The molecule has 3 aliphatic rings. The molecule has 108 valence electrons.